The zero-order valence-corrected chi connectivity index (χ0v) is 17.1. The number of rotatable bonds is 9. The van der Waals surface area contributed by atoms with Gasteiger partial charge >= 0.3 is 12.5 Å². The number of carbonyl (C=O) groups excluding carboxylic acids is 1. The summed E-state index contributed by atoms with van der Waals surface area (Å²) in [7, 11) is 0. The number of likely N-dealkylation sites (tertiary alicyclic amines) is 1. The molecule has 0 saturated carbocycles. The molecule has 2 aromatic carbocycles. The fraction of sp³-hybridized carbons (Fsp3) is 0.364. The Hall–Kier alpha value is -2.88. The monoisotopic (exact) mass is 433 g/mol. The van der Waals surface area contributed by atoms with Crippen molar-refractivity contribution < 1.29 is 28.1 Å². The first-order valence-electron chi connectivity index (χ1n) is 10.2. The molecule has 9 heteroatoms. The van der Waals surface area contributed by atoms with Gasteiger partial charge in [-0.1, -0.05) is 30.3 Å². The van der Waals surface area contributed by atoms with Crippen LogP contribution in [0.15, 0.2) is 48.5 Å². The van der Waals surface area contributed by atoms with Gasteiger partial charge in [-0.05, 0) is 30.2 Å². The molecule has 1 aliphatic heterocycles. The molecule has 1 aliphatic rings. The fourth-order valence-electron chi connectivity index (χ4n) is 3.70. The SMILES string of the molecule is O=C[N+]1(NCc2cc(F)ccc2F)CCC(NN(CCc2ccccc2)C(=O)O)CC1. The molecule has 1 fully saturated rings. The first-order chi connectivity index (χ1) is 14.9. The Morgan fingerprint density at radius 3 is 2.52 bits per heavy atom. The average molecular weight is 433 g/mol. The zero-order chi connectivity index (χ0) is 22.3. The third-order valence-electron chi connectivity index (χ3n) is 5.58. The van der Waals surface area contributed by atoms with E-state index in [2.05, 4.69) is 10.9 Å². The van der Waals surface area contributed by atoms with Crippen molar-refractivity contribution >= 4 is 12.5 Å². The van der Waals surface area contributed by atoms with Gasteiger partial charge in [0.05, 0.1) is 6.54 Å². The molecule has 166 valence electrons. The Morgan fingerprint density at radius 2 is 1.87 bits per heavy atom. The molecule has 2 aromatic rings. The Balaban J connectivity index is 1.52. The predicted molar refractivity (Wildman–Crippen MR) is 110 cm³/mol. The molecule has 31 heavy (non-hydrogen) atoms. The smallest absolute Gasteiger partial charge is 0.421 e. The number of hydrogen-bond acceptors (Lipinski definition) is 4. The number of amides is 2. The van der Waals surface area contributed by atoms with Gasteiger partial charge in [-0.25, -0.2) is 28.8 Å². The number of hydrazine groups is 1. The molecular formula is C22H27F2N4O3+. The van der Waals surface area contributed by atoms with Crippen molar-refractivity contribution in [2.45, 2.75) is 31.8 Å². The second-order valence-electron chi connectivity index (χ2n) is 7.73. The van der Waals surface area contributed by atoms with Crippen molar-refractivity contribution in [1.29, 1.82) is 0 Å². The maximum Gasteiger partial charge on any atom is 0.421 e. The highest BCUT2D eigenvalue weighted by atomic mass is 19.1. The topological polar surface area (TPSA) is 81.7 Å². The van der Waals surface area contributed by atoms with Crippen LogP contribution in [0.5, 0.6) is 0 Å². The van der Waals surface area contributed by atoms with Gasteiger partial charge in [0, 0.05) is 31.0 Å². The number of nitrogens with one attached hydrogen (secondary N) is 2. The van der Waals surface area contributed by atoms with E-state index in [0.29, 0.717) is 38.9 Å². The van der Waals surface area contributed by atoms with Crippen LogP contribution in [-0.2, 0) is 17.8 Å². The highest BCUT2D eigenvalue weighted by Gasteiger charge is 2.35. The summed E-state index contributed by atoms with van der Waals surface area (Å²) >= 11 is 0. The lowest BCUT2D eigenvalue weighted by atomic mass is 10.1. The van der Waals surface area contributed by atoms with Gasteiger partial charge in [0.15, 0.2) is 0 Å². The predicted octanol–water partition coefficient (Wildman–Crippen LogP) is 2.83. The maximum absolute atomic E-state index is 13.9. The van der Waals surface area contributed by atoms with Crippen LogP contribution in [0.2, 0.25) is 0 Å². The van der Waals surface area contributed by atoms with Crippen LogP contribution in [0.3, 0.4) is 0 Å². The van der Waals surface area contributed by atoms with E-state index in [4.69, 9.17) is 0 Å². The third-order valence-corrected chi connectivity index (χ3v) is 5.58. The number of benzene rings is 2. The van der Waals surface area contributed by atoms with Crippen LogP contribution in [0.25, 0.3) is 0 Å². The molecule has 0 radical (unpaired) electrons. The van der Waals surface area contributed by atoms with Crippen LogP contribution >= 0.6 is 0 Å². The minimum absolute atomic E-state index is 0.0127. The molecule has 0 spiro atoms. The molecule has 0 atom stereocenters. The fourth-order valence-corrected chi connectivity index (χ4v) is 3.70. The van der Waals surface area contributed by atoms with E-state index in [9.17, 15) is 23.5 Å². The van der Waals surface area contributed by atoms with Gasteiger partial charge in [0.2, 0.25) is 0 Å². The Morgan fingerprint density at radius 1 is 1.16 bits per heavy atom. The van der Waals surface area contributed by atoms with Gasteiger partial charge in [-0.3, -0.25) is 0 Å². The molecule has 3 rings (SSSR count). The summed E-state index contributed by atoms with van der Waals surface area (Å²) < 4.78 is 27.1. The molecule has 1 heterocycles. The van der Waals surface area contributed by atoms with Crippen molar-refractivity contribution in [3.63, 3.8) is 0 Å². The van der Waals surface area contributed by atoms with Crippen LogP contribution in [0.4, 0.5) is 13.6 Å². The molecule has 7 nitrogen and oxygen atoms in total. The minimum Gasteiger partial charge on any atom is -0.464 e. The van der Waals surface area contributed by atoms with E-state index in [1.54, 1.807) is 0 Å². The summed E-state index contributed by atoms with van der Waals surface area (Å²) in [5, 5.41) is 10.7. The van der Waals surface area contributed by atoms with E-state index in [1.165, 1.54) is 5.01 Å². The van der Waals surface area contributed by atoms with Gasteiger partial charge in [-0.15, -0.1) is 0 Å². The summed E-state index contributed by atoms with van der Waals surface area (Å²) in [6, 6.07) is 12.7. The number of nitrogens with zero attached hydrogens (tertiary/aromatic N) is 2. The van der Waals surface area contributed by atoms with Crippen molar-refractivity contribution in [2.24, 2.45) is 0 Å². The molecule has 0 aromatic heterocycles. The van der Waals surface area contributed by atoms with E-state index < -0.39 is 17.7 Å². The van der Waals surface area contributed by atoms with Gasteiger partial charge in [0.1, 0.15) is 24.7 Å². The quantitative estimate of drug-likeness (QED) is 0.322. The average Bonchev–Trinajstić information content (AvgIpc) is 2.78. The van der Waals surface area contributed by atoms with Crippen LogP contribution < -0.4 is 10.9 Å². The van der Waals surface area contributed by atoms with Crippen LogP contribution in [-0.4, -0.2) is 52.9 Å². The summed E-state index contributed by atoms with van der Waals surface area (Å²) in [5.41, 5.74) is 7.26. The number of halogens is 2. The summed E-state index contributed by atoms with van der Waals surface area (Å²) in [5.74, 6) is -1.08. The van der Waals surface area contributed by atoms with E-state index in [0.717, 1.165) is 30.2 Å². The van der Waals surface area contributed by atoms with Crippen molar-refractivity contribution in [3.05, 3.63) is 71.3 Å². The summed E-state index contributed by atoms with van der Waals surface area (Å²) in [4.78, 5) is 23.4. The number of carboxylic acid groups (broad SMARTS) is 1. The largest absolute Gasteiger partial charge is 0.464 e. The highest BCUT2D eigenvalue weighted by Crippen LogP contribution is 2.17. The number of carbonyl (C=O) groups is 2. The number of piperidine rings is 1. The first-order valence-corrected chi connectivity index (χ1v) is 10.2. The van der Waals surface area contributed by atoms with Gasteiger partial charge < -0.3 is 5.11 Å². The van der Waals surface area contributed by atoms with E-state index >= 15 is 0 Å². The molecule has 1 saturated heterocycles. The normalized spacial score (nSPS) is 20.9. The number of quaternary nitrogens is 1. The van der Waals surface area contributed by atoms with Crippen molar-refractivity contribution in [3.8, 4) is 0 Å². The standard InChI is InChI=1S/C22H26F2N4O3/c23-19-6-7-21(24)18(14-19)15-25-28(16-29)12-9-20(10-13-28)26-27(22(30)31)11-8-17-4-2-1-3-5-17/h1-7,14,16,20,25-26H,8-13,15H2/p+1. The van der Waals surface area contributed by atoms with E-state index in [-0.39, 0.29) is 22.7 Å². The molecular weight excluding hydrogens is 406 g/mol. The minimum atomic E-state index is -1.06. The van der Waals surface area contributed by atoms with E-state index in [1.807, 2.05) is 30.3 Å². The maximum atomic E-state index is 13.9. The van der Waals surface area contributed by atoms with Gasteiger partial charge in [0.25, 0.3) is 0 Å². The molecule has 3 N–H and O–H groups in total. The van der Waals surface area contributed by atoms with Crippen molar-refractivity contribution in [2.75, 3.05) is 19.6 Å². The zero-order valence-electron chi connectivity index (χ0n) is 17.1. The second-order valence-corrected chi connectivity index (χ2v) is 7.73. The first kappa shape index (κ1) is 22.8. The Bertz CT molecular complexity index is 890. The molecule has 2 amide bonds. The lowest BCUT2D eigenvalue weighted by Gasteiger charge is -2.39. The highest BCUT2D eigenvalue weighted by molar-refractivity contribution is 5.64. The molecule has 0 bridgehead atoms. The lowest BCUT2D eigenvalue weighted by molar-refractivity contribution is -0.897. The Kier molecular flexibility index (Phi) is 7.67. The molecule has 0 aliphatic carbocycles. The van der Waals surface area contributed by atoms with Gasteiger partial charge in [-0.2, -0.15) is 10.0 Å². The molecule has 0 unspecified atom stereocenters. The number of hydrogen-bond donors (Lipinski definition) is 3. The van der Waals surface area contributed by atoms with Crippen LogP contribution in [0.1, 0.15) is 24.0 Å². The summed E-state index contributed by atoms with van der Waals surface area (Å²) in [6.45, 7) is 1.13. The Labute approximate surface area is 179 Å². The summed E-state index contributed by atoms with van der Waals surface area (Å²) in [6.07, 6.45) is 1.39. The third kappa shape index (κ3) is 6.30. The second kappa shape index (κ2) is 10.4. The lowest BCUT2D eigenvalue weighted by Crippen LogP contribution is -2.63. The van der Waals surface area contributed by atoms with Crippen LogP contribution in [0, 0.1) is 11.6 Å². The van der Waals surface area contributed by atoms with Crippen molar-refractivity contribution in [1.82, 2.24) is 15.9 Å².